The third kappa shape index (κ3) is 4.08. The van der Waals surface area contributed by atoms with E-state index < -0.39 is 0 Å². The highest BCUT2D eigenvalue weighted by atomic mass is 15.1. The molecule has 0 saturated heterocycles. The second-order valence-electron chi connectivity index (χ2n) is 5.94. The normalized spacial score (nSPS) is 11.5. The van der Waals surface area contributed by atoms with E-state index in [1.807, 2.05) is 25.1 Å². The topological polar surface area (TPSA) is 54.2 Å². The first-order valence-corrected chi connectivity index (χ1v) is 7.58. The molecule has 21 heavy (non-hydrogen) atoms. The van der Waals surface area contributed by atoms with Crippen LogP contribution in [0.4, 0.5) is 11.4 Å². The molecule has 0 bridgehead atoms. The van der Waals surface area contributed by atoms with E-state index >= 15 is 0 Å². The number of benzene rings is 1. The van der Waals surface area contributed by atoms with Gasteiger partial charge in [0.2, 0.25) is 0 Å². The minimum Gasteiger partial charge on any atom is -0.399 e. The molecule has 0 spiro atoms. The van der Waals surface area contributed by atoms with Crippen molar-refractivity contribution in [3.63, 3.8) is 0 Å². The van der Waals surface area contributed by atoms with Crippen LogP contribution in [0.1, 0.15) is 26.0 Å². The molecule has 0 aliphatic carbocycles. The molecule has 0 saturated carbocycles. The lowest BCUT2D eigenvalue weighted by Gasteiger charge is -2.21. The zero-order chi connectivity index (χ0) is 15.4. The lowest BCUT2D eigenvalue weighted by Crippen LogP contribution is -2.28. The summed E-state index contributed by atoms with van der Waals surface area (Å²) in [5, 5.41) is 4.62. The van der Waals surface area contributed by atoms with Crippen LogP contribution in [0, 0.1) is 6.92 Å². The molecule has 0 radical (unpaired) electrons. The summed E-state index contributed by atoms with van der Waals surface area (Å²) >= 11 is 0. The average molecular weight is 286 g/mol. The minimum atomic E-state index is 0.591. The zero-order valence-corrected chi connectivity index (χ0v) is 13.5. The molecule has 0 atom stereocenters. The Morgan fingerprint density at radius 1 is 1.29 bits per heavy atom. The molecule has 0 unspecified atom stereocenters. The van der Waals surface area contributed by atoms with Crippen LogP contribution < -0.4 is 11.1 Å². The summed E-state index contributed by atoms with van der Waals surface area (Å²) in [7, 11) is 2.16. The summed E-state index contributed by atoms with van der Waals surface area (Å²) in [6.45, 7) is 8.50. The first-order chi connectivity index (χ1) is 9.97. The number of nitrogens with zero attached hydrogens (tertiary/aromatic N) is 2. The number of nitrogens with two attached hydrogens (primary N) is 1. The Morgan fingerprint density at radius 3 is 2.76 bits per heavy atom. The Balaban J connectivity index is 2.06. The number of pyridine rings is 1. The largest absolute Gasteiger partial charge is 0.399 e. The van der Waals surface area contributed by atoms with Crippen molar-refractivity contribution in [2.75, 3.05) is 31.2 Å². The number of nitrogens with one attached hydrogen (secondary N) is 1. The molecule has 114 valence electrons. The van der Waals surface area contributed by atoms with Crippen molar-refractivity contribution in [3.05, 3.63) is 30.0 Å². The maximum atomic E-state index is 5.90. The molecule has 3 N–H and O–H groups in total. The van der Waals surface area contributed by atoms with Crippen LogP contribution in [0.2, 0.25) is 0 Å². The van der Waals surface area contributed by atoms with Crippen molar-refractivity contribution >= 4 is 22.3 Å². The molecule has 0 fully saturated rings. The quantitative estimate of drug-likeness (QED) is 0.632. The third-order valence-electron chi connectivity index (χ3n) is 3.85. The van der Waals surface area contributed by atoms with E-state index in [9.17, 15) is 0 Å². The van der Waals surface area contributed by atoms with Crippen LogP contribution in [-0.2, 0) is 0 Å². The van der Waals surface area contributed by atoms with Gasteiger partial charge in [-0.15, -0.1) is 0 Å². The first-order valence-electron chi connectivity index (χ1n) is 7.58. The van der Waals surface area contributed by atoms with Gasteiger partial charge in [0.1, 0.15) is 0 Å². The van der Waals surface area contributed by atoms with Crippen LogP contribution in [0.5, 0.6) is 0 Å². The predicted octanol–water partition coefficient (Wildman–Crippen LogP) is 3.27. The van der Waals surface area contributed by atoms with E-state index in [0.717, 1.165) is 47.5 Å². The van der Waals surface area contributed by atoms with Crippen LogP contribution in [0.25, 0.3) is 10.9 Å². The lowest BCUT2D eigenvalue weighted by molar-refractivity contribution is 0.273. The fourth-order valence-corrected chi connectivity index (χ4v) is 2.33. The number of fused-ring (bicyclic) bond motifs is 1. The van der Waals surface area contributed by atoms with Gasteiger partial charge in [0, 0.05) is 35.0 Å². The summed E-state index contributed by atoms with van der Waals surface area (Å²) < 4.78 is 0. The monoisotopic (exact) mass is 286 g/mol. The molecule has 0 amide bonds. The summed E-state index contributed by atoms with van der Waals surface area (Å²) in [6, 6.07) is 8.55. The van der Waals surface area contributed by atoms with Gasteiger partial charge in [-0.1, -0.05) is 0 Å². The molecule has 4 heteroatoms. The Morgan fingerprint density at radius 2 is 2.05 bits per heavy atom. The Kier molecular flexibility index (Phi) is 5.02. The van der Waals surface area contributed by atoms with Gasteiger partial charge in [0.15, 0.2) is 0 Å². The van der Waals surface area contributed by atoms with Crippen LogP contribution in [0.3, 0.4) is 0 Å². The molecule has 0 aliphatic heterocycles. The second kappa shape index (κ2) is 6.76. The average Bonchev–Trinajstić information content (AvgIpc) is 2.43. The minimum absolute atomic E-state index is 0.591. The van der Waals surface area contributed by atoms with Gasteiger partial charge in [-0.3, -0.25) is 4.98 Å². The summed E-state index contributed by atoms with van der Waals surface area (Å²) in [6.07, 6.45) is 1.11. The van der Waals surface area contributed by atoms with Crippen LogP contribution in [0.15, 0.2) is 24.3 Å². The number of aryl methyl sites for hydroxylation is 1. The van der Waals surface area contributed by atoms with Crippen LogP contribution in [-0.4, -0.2) is 36.1 Å². The fourth-order valence-electron chi connectivity index (χ4n) is 2.33. The van der Waals surface area contributed by atoms with Gasteiger partial charge in [-0.25, -0.2) is 0 Å². The number of hydrogen-bond donors (Lipinski definition) is 2. The van der Waals surface area contributed by atoms with Gasteiger partial charge in [-0.2, -0.15) is 0 Å². The molecule has 0 aliphatic rings. The fraction of sp³-hybridized carbons (Fsp3) is 0.471. The van der Waals surface area contributed by atoms with E-state index in [4.69, 9.17) is 5.73 Å². The van der Waals surface area contributed by atoms with Crippen molar-refractivity contribution in [2.45, 2.75) is 33.2 Å². The summed E-state index contributed by atoms with van der Waals surface area (Å²) in [5.41, 5.74) is 9.81. The van der Waals surface area contributed by atoms with Crippen molar-refractivity contribution in [3.8, 4) is 0 Å². The van der Waals surface area contributed by atoms with E-state index in [2.05, 4.69) is 42.2 Å². The van der Waals surface area contributed by atoms with E-state index in [0.29, 0.717) is 6.04 Å². The molecular formula is C17H26N4. The van der Waals surface area contributed by atoms with Gasteiger partial charge in [0.05, 0.1) is 5.52 Å². The predicted molar refractivity (Wildman–Crippen MR) is 91.8 cm³/mol. The lowest BCUT2D eigenvalue weighted by atomic mass is 10.1. The summed E-state index contributed by atoms with van der Waals surface area (Å²) in [4.78, 5) is 6.91. The Hall–Kier alpha value is -1.81. The highest BCUT2D eigenvalue weighted by molar-refractivity contribution is 5.93. The first kappa shape index (κ1) is 15.6. The van der Waals surface area contributed by atoms with Crippen molar-refractivity contribution < 1.29 is 0 Å². The Labute approximate surface area is 127 Å². The van der Waals surface area contributed by atoms with E-state index in [-0.39, 0.29) is 0 Å². The highest BCUT2D eigenvalue weighted by Gasteiger charge is 2.05. The van der Waals surface area contributed by atoms with Crippen molar-refractivity contribution in [2.24, 2.45) is 0 Å². The standard InChI is InChI=1S/C17H26N4/c1-12(2)21(4)9-5-8-19-17-10-13(3)20-16-7-6-14(18)11-15(16)17/h6-7,10-12H,5,8-9,18H2,1-4H3,(H,19,20). The maximum Gasteiger partial charge on any atom is 0.0727 e. The van der Waals surface area contributed by atoms with Crippen molar-refractivity contribution in [1.82, 2.24) is 9.88 Å². The van der Waals surface area contributed by atoms with Crippen LogP contribution >= 0.6 is 0 Å². The number of aromatic nitrogens is 1. The number of nitrogen functional groups attached to an aromatic ring is 1. The highest BCUT2D eigenvalue weighted by Crippen LogP contribution is 2.25. The second-order valence-corrected chi connectivity index (χ2v) is 5.94. The molecule has 1 aromatic carbocycles. The molecular weight excluding hydrogens is 260 g/mol. The van der Waals surface area contributed by atoms with Gasteiger partial charge < -0.3 is 16.0 Å². The number of rotatable bonds is 6. The van der Waals surface area contributed by atoms with E-state index in [1.165, 1.54) is 0 Å². The molecule has 1 heterocycles. The van der Waals surface area contributed by atoms with Gasteiger partial charge in [0.25, 0.3) is 0 Å². The van der Waals surface area contributed by atoms with E-state index in [1.54, 1.807) is 0 Å². The summed E-state index contributed by atoms with van der Waals surface area (Å²) in [5.74, 6) is 0. The van der Waals surface area contributed by atoms with Gasteiger partial charge in [-0.05, 0) is 65.0 Å². The molecule has 2 rings (SSSR count). The number of hydrogen-bond acceptors (Lipinski definition) is 4. The maximum absolute atomic E-state index is 5.90. The van der Waals surface area contributed by atoms with Gasteiger partial charge >= 0.3 is 0 Å². The molecule has 1 aromatic heterocycles. The van der Waals surface area contributed by atoms with Crippen molar-refractivity contribution in [1.29, 1.82) is 0 Å². The molecule has 4 nitrogen and oxygen atoms in total. The SMILES string of the molecule is Cc1cc(NCCCN(C)C(C)C)c2cc(N)ccc2n1. The third-order valence-corrected chi connectivity index (χ3v) is 3.85. The molecule has 2 aromatic rings. The Bertz CT molecular complexity index is 607. The number of anilines is 2. The zero-order valence-electron chi connectivity index (χ0n) is 13.5. The smallest absolute Gasteiger partial charge is 0.0727 e.